The second-order valence-corrected chi connectivity index (χ2v) is 9.52. The Kier molecular flexibility index (Phi) is 9.25. The number of hydrogen-bond acceptors (Lipinski definition) is 4. The van der Waals surface area contributed by atoms with Gasteiger partial charge < -0.3 is 13.8 Å². The number of rotatable bonds is 14. The Bertz CT molecular complexity index is 612. The Morgan fingerprint density at radius 2 is 1.56 bits per heavy atom. The zero-order valence-electron chi connectivity index (χ0n) is 17.1. The minimum absolute atomic E-state index is 0.316. The summed E-state index contributed by atoms with van der Waals surface area (Å²) in [6.45, 7) is 2.92. The first kappa shape index (κ1) is 22.4. The van der Waals surface area contributed by atoms with E-state index in [0.29, 0.717) is 6.61 Å². The zero-order chi connectivity index (χ0) is 19.6. The van der Waals surface area contributed by atoms with E-state index in [2.05, 4.69) is 31.2 Å². The lowest BCUT2D eigenvalue weighted by Gasteiger charge is -2.11. The maximum absolute atomic E-state index is 12.1. The smallest absolute Gasteiger partial charge is 0.353 e. The number of aryl methyl sites for hydroxylation is 2. The van der Waals surface area contributed by atoms with Crippen molar-refractivity contribution in [3.05, 3.63) is 47.3 Å². The summed E-state index contributed by atoms with van der Waals surface area (Å²) in [6, 6.07) is 8.95. The average molecular weight is 394 g/mol. The first-order valence-electron chi connectivity index (χ1n) is 10.2. The van der Waals surface area contributed by atoms with Gasteiger partial charge in [-0.15, -0.1) is 0 Å². The molecule has 0 aromatic heterocycles. The molecule has 0 amide bonds. The van der Waals surface area contributed by atoms with Gasteiger partial charge in [-0.2, -0.15) is 0 Å². The van der Waals surface area contributed by atoms with Gasteiger partial charge >= 0.3 is 7.60 Å². The molecule has 0 unspecified atom stereocenters. The number of hydrogen-bond donors (Lipinski definition) is 0. The van der Waals surface area contributed by atoms with Crippen molar-refractivity contribution >= 4 is 7.60 Å². The van der Waals surface area contributed by atoms with Crippen LogP contribution in [0.15, 0.2) is 36.2 Å². The van der Waals surface area contributed by atoms with Crippen LogP contribution < -0.4 is 0 Å². The van der Waals surface area contributed by atoms with Crippen LogP contribution in [0.25, 0.3) is 0 Å². The van der Waals surface area contributed by atoms with E-state index in [-0.39, 0.29) is 5.60 Å². The first-order chi connectivity index (χ1) is 13.0. The van der Waals surface area contributed by atoms with Gasteiger partial charge in [0.15, 0.2) is 0 Å². The fourth-order valence-corrected chi connectivity index (χ4v) is 4.02. The van der Waals surface area contributed by atoms with Crippen LogP contribution >= 0.6 is 7.60 Å². The fourth-order valence-electron chi connectivity index (χ4n) is 3.18. The summed E-state index contributed by atoms with van der Waals surface area (Å²) in [7, 11) is -0.339. The van der Waals surface area contributed by atoms with Crippen molar-refractivity contribution in [3.8, 4) is 0 Å². The van der Waals surface area contributed by atoms with E-state index in [0.717, 1.165) is 12.8 Å². The van der Waals surface area contributed by atoms with Crippen LogP contribution in [0.1, 0.15) is 63.0 Å². The topological polar surface area (TPSA) is 48.1 Å². The van der Waals surface area contributed by atoms with Gasteiger partial charge in [0.05, 0.1) is 6.61 Å². The molecule has 152 valence electrons. The Hall–Kier alpha value is -0.930. The predicted molar refractivity (Wildman–Crippen MR) is 111 cm³/mol. The van der Waals surface area contributed by atoms with Gasteiger partial charge in [0.1, 0.15) is 5.60 Å². The molecule has 0 aliphatic carbocycles. The minimum Gasteiger partial charge on any atom is -0.365 e. The van der Waals surface area contributed by atoms with Gasteiger partial charge in [0.2, 0.25) is 0 Å². The predicted octanol–water partition coefficient (Wildman–Crippen LogP) is 6.29. The normalized spacial score (nSPS) is 19.7. The molecule has 5 heteroatoms. The van der Waals surface area contributed by atoms with Crippen LogP contribution in [0.2, 0.25) is 0 Å². The molecule has 1 heterocycles. The molecule has 1 saturated heterocycles. The monoisotopic (exact) mass is 394 g/mol. The van der Waals surface area contributed by atoms with Crippen molar-refractivity contribution in [1.82, 2.24) is 0 Å². The third-order valence-electron chi connectivity index (χ3n) is 5.26. The summed E-state index contributed by atoms with van der Waals surface area (Å²) >= 11 is 0. The SMILES string of the molecule is CCCCCCCCc1ccc(CC[C@@]2(/C=C/P(=O)(OC)OC)CO2)cc1. The van der Waals surface area contributed by atoms with Crippen molar-refractivity contribution in [2.45, 2.75) is 70.3 Å². The van der Waals surface area contributed by atoms with Crippen LogP contribution in [0, 0.1) is 0 Å². The molecular formula is C22H35O4P. The molecule has 2 rings (SSSR count). The third kappa shape index (κ3) is 7.91. The van der Waals surface area contributed by atoms with Gasteiger partial charge in [-0.3, -0.25) is 4.57 Å². The van der Waals surface area contributed by atoms with Gasteiger partial charge in [0.25, 0.3) is 0 Å². The quantitative estimate of drug-likeness (QED) is 0.211. The number of unbranched alkanes of at least 4 members (excludes halogenated alkanes) is 5. The van der Waals surface area contributed by atoms with E-state index in [4.69, 9.17) is 13.8 Å². The molecule has 4 nitrogen and oxygen atoms in total. The van der Waals surface area contributed by atoms with Gasteiger partial charge in [0, 0.05) is 20.0 Å². The molecule has 1 aliphatic rings. The Balaban J connectivity index is 1.73. The summed E-state index contributed by atoms with van der Waals surface area (Å²) in [5, 5.41) is 0. The molecule has 1 aromatic carbocycles. The van der Waals surface area contributed by atoms with Crippen LogP contribution in [-0.4, -0.2) is 26.4 Å². The Morgan fingerprint density at radius 1 is 1.00 bits per heavy atom. The lowest BCUT2D eigenvalue weighted by molar-refractivity contribution is 0.285. The maximum Gasteiger partial charge on any atom is 0.353 e. The Morgan fingerprint density at radius 3 is 2.11 bits per heavy atom. The third-order valence-corrected chi connectivity index (χ3v) is 6.80. The van der Waals surface area contributed by atoms with Crippen LogP contribution in [0.3, 0.4) is 0 Å². The summed E-state index contributed by atoms with van der Waals surface area (Å²) in [5.41, 5.74) is 2.42. The van der Waals surface area contributed by atoms with Crippen molar-refractivity contribution < 1.29 is 18.3 Å². The first-order valence-corrected chi connectivity index (χ1v) is 11.8. The van der Waals surface area contributed by atoms with Crippen molar-refractivity contribution in [2.24, 2.45) is 0 Å². The summed E-state index contributed by atoms with van der Waals surface area (Å²) in [6.07, 6.45) is 12.8. The molecule has 1 atom stereocenters. The van der Waals surface area contributed by atoms with E-state index in [1.165, 1.54) is 76.1 Å². The largest absolute Gasteiger partial charge is 0.365 e. The van der Waals surface area contributed by atoms with Gasteiger partial charge in [-0.25, -0.2) is 0 Å². The average Bonchev–Trinajstić information content (AvgIpc) is 3.48. The van der Waals surface area contributed by atoms with Crippen LogP contribution in [0.5, 0.6) is 0 Å². The maximum atomic E-state index is 12.1. The molecule has 0 bridgehead atoms. The van der Waals surface area contributed by atoms with E-state index in [1.807, 2.05) is 6.08 Å². The van der Waals surface area contributed by atoms with Gasteiger partial charge in [-0.1, -0.05) is 63.3 Å². The highest BCUT2D eigenvalue weighted by Gasteiger charge is 2.42. The Labute approximate surface area is 164 Å². The van der Waals surface area contributed by atoms with Gasteiger partial charge in [-0.05, 0) is 42.9 Å². The molecule has 0 spiro atoms. The molecule has 0 radical (unpaired) electrons. The molecule has 1 aliphatic heterocycles. The van der Waals surface area contributed by atoms with E-state index < -0.39 is 7.60 Å². The number of benzene rings is 1. The summed E-state index contributed by atoms with van der Waals surface area (Å²) < 4.78 is 27.6. The molecule has 0 N–H and O–H groups in total. The van der Waals surface area contributed by atoms with Crippen LogP contribution in [0.4, 0.5) is 0 Å². The zero-order valence-corrected chi connectivity index (χ0v) is 18.0. The second kappa shape index (κ2) is 11.2. The lowest BCUT2D eigenvalue weighted by Crippen LogP contribution is -2.08. The van der Waals surface area contributed by atoms with Crippen LogP contribution in [-0.2, 0) is 31.2 Å². The van der Waals surface area contributed by atoms with Crippen molar-refractivity contribution in [1.29, 1.82) is 0 Å². The molecule has 1 aromatic rings. The summed E-state index contributed by atoms with van der Waals surface area (Å²) in [4.78, 5) is 0. The minimum atomic E-state index is -3.12. The highest BCUT2D eigenvalue weighted by molar-refractivity contribution is 7.57. The summed E-state index contributed by atoms with van der Waals surface area (Å²) in [5.74, 6) is 1.52. The second-order valence-electron chi connectivity index (χ2n) is 7.41. The number of ether oxygens (including phenoxy) is 1. The van der Waals surface area contributed by atoms with E-state index in [1.54, 1.807) is 0 Å². The lowest BCUT2D eigenvalue weighted by atomic mass is 9.98. The standard InChI is InChI=1S/C22H35O4P/c1-4-5-6-7-8-9-10-20-11-13-21(14-12-20)15-16-22(19-26-22)17-18-27(23,24-2)25-3/h11-14,17-18H,4-10,15-16,19H2,1-3H3/b18-17+/t22-/m1/s1. The van der Waals surface area contributed by atoms with E-state index >= 15 is 0 Å². The van der Waals surface area contributed by atoms with Crippen molar-refractivity contribution in [3.63, 3.8) is 0 Å². The molecular weight excluding hydrogens is 359 g/mol. The van der Waals surface area contributed by atoms with E-state index in [9.17, 15) is 4.57 Å². The fraction of sp³-hybridized carbons (Fsp3) is 0.636. The highest BCUT2D eigenvalue weighted by atomic mass is 31.2. The molecule has 1 fully saturated rings. The highest BCUT2D eigenvalue weighted by Crippen LogP contribution is 2.49. The molecule has 0 saturated carbocycles. The molecule has 27 heavy (non-hydrogen) atoms. The number of epoxide rings is 1. The van der Waals surface area contributed by atoms with Crippen molar-refractivity contribution in [2.75, 3.05) is 20.8 Å².